The first-order chi connectivity index (χ1) is 21.4. The molecule has 1 aromatic heterocycles. The number of nitrogens with zero attached hydrogens (tertiary/aromatic N) is 4. The van der Waals surface area contributed by atoms with Crippen molar-refractivity contribution in [1.82, 2.24) is 19.4 Å². The SMILES string of the molecule is O=C(C(=O)N1CCN2C(=O)CC(O)(O)CC2C1)c1cn(O)c2cc(OO)c(C(=O)N3CCC(Cc4ccc(F)cc4)CC3)cc12. The zero-order valence-corrected chi connectivity index (χ0v) is 24.3. The summed E-state index contributed by atoms with van der Waals surface area (Å²) in [4.78, 5) is 61.5. The lowest BCUT2D eigenvalue weighted by Crippen LogP contribution is -2.63. The highest BCUT2D eigenvalue weighted by molar-refractivity contribution is 6.45. The van der Waals surface area contributed by atoms with Crippen LogP contribution >= 0.6 is 0 Å². The molecular formula is C31H33FN4O9. The topological polar surface area (TPSA) is 173 Å². The summed E-state index contributed by atoms with van der Waals surface area (Å²) in [7, 11) is 0. The zero-order valence-electron chi connectivity index (χ0n) is 24.3. The Morgan fingerprint density at radius 1 is 0.978 bits per heavy atom. The molecule has 3 aliphatic rings. The normalized spacial score (nSPS) is 20.3. The number of piperidine rings is 2. The molecule has 3 saturated heterocycles. The van der Waals surface area contributed by atoms with Crippen molar-refractivity contribution in [2.45, 2.75) is 43.9 Å². The molecule has 0 bridgehead atoms. The van der Waals surface area contributed by atoms with Gasteiger partial charge in [0.05, 0.1) is 35.3 Å². The quantitative estimate of drug-likeness (QED) is 0.0795. The summed E-state index contributed by atoms with van der Waals surface area (Å²) in [5.74, 6) is -5.26. The van der Waals surface area contributed by atoms with Gasteiger partial charge >= 0.3 is 0 Å². The second kappa shape index (κ2) is 11.8. The number of Topliss-reactive ketones (excluding diaryl/α,β-unsaturated/α-hetero) is 1. The number of aromatic nitrogens is 1. The van der Waals surface area contributed by atoms with Crippen molar-refractivity contribution < 1.29 is 49.1 Å². The summed E-state index contributed by atoms with van der Waals surface area (Å²) in [5.41, 5.74) is 0.769. The van der Waals surface area contributed by atoms with Crippen LogP contribution in [0.1, 0.15) is 52.0 Å². The fourth-order valence-corrected chi connectivity index (χ4v) is 6.72. The Balaban J connectivity index is 1.19. The van der Waals surface area contributed by atoms with Crippen LogP contribution in [0.5, 0.6) is 5.75 Å². The second-order valence-electron chi connectivity index (χ2n) is 12.1. The molecule has 4 N–H and O–H groups in total. The molecule has 3 aromatic rings. The van der Waals surface area contributed by atoms with E-state index in [1.165, 1.54) is 34.1 Å². The molecular weight excluding hydrogens is 591 g/mol. The lowest BCUT2D eigenvalue weighted by Gasteiger charge is -2.46. The highest BCUT2D eigenvalue weighted by Crippen LogP contribution is 2.33. The number of aliphatic hydroxyl groups is 2. The van der Waals surface area contributed by atoms with Gasteiger partial charge in [0.1, 0.15) is 5.82 Å². The van der Waals surface area contributed by atoms with Crippen LogP contribution < -0.4 is 4.89 Å². The van der Waals surface area contributed by atoms with Crippen LogP contribution in [0.25, 0.3) is 10.9 Å². The number of hydrogen-bond donors (Lipinski definition) is 4. The average Bonchev–Trinajstić information content (AvgIpc) is 3.34. The van der Waals surface area contributed by atoms with Crippen LogP contribution in [-0.2, 0) is 16.0 Å². The third-order valence-corrected chi connectivity index (χ3v) is 9.08. The minimum absolute atomic E-state index is 0.0118. The largest absolute Gasteiger partial charge is 0.428 e. The van der Waals surface area contributed by atoms with E-state index in [1.54, 1.807) is 17.0 Å². The molecule has 0 aliphatic carbocycles. The lowest BCUT2D eigenvalue weighted by molar-refractivity contribution is -0.208. The number of amides is 3. The number of carbonyl (C=O) groups excluding carboxylic acids is 4. The van der Waals surface area contributed by atoms with E-state index in [4.69, 9.17) is 0 Å². The van der Waals surface area contributed by atoms with Crippen molar-refractivity contribution in [2.75, 3.05) is 32.7 Å². The first kappa shape index (κ1) is 30.5. The van der Waals surface area contributed by atoms with Gasteiger partial charge in [0.25, 0.3) is 17.6 Å². The van der Waals surface area contributed by atoms with Crippen LogP contribution in [0.4, 0.5) is 4.39 Å². The van der Waals surface area contributed by atoms with E-state index in [9.17, 15) is 44.2 Å². The number of likely N-dealkylation sites (tertiary alicyclic amines) is 1. The number of carbonyl (C=O) groups is 4. The maximum absolute atomic E-state index is 13.6. The summed E-state index contributed by atoms with van der Waals surface area (Å²) >= 11 is 0. The van der Waals surface area contributed by atoms with Crippen LogP contribution in [0, 0.1) is 11.7 Å². The molecule has 3 fully saturated rings. The van der Waals surface area contributed by atoms with Crippen LogP contribution in [0.2, 0.25) is 0 Å². The summed E-state index contributed by atoms with van der Waals surface area (Å²) in [5, 5.41) is 40.3. The monoisotopic (exact) mass is 624 g/mol. The van der Waals surface area contributed by atoms with Crippen molar-refractivity contribution in [3.05, 3.63) is 65.1 Å². The minimum atomic E-state index is -2.20. The molecule has 1 atom stereocenters. The summed E-state index contributed by atoms with van der Waals surface area (Å²) in [6.07, 6.45) is 2.55. The van der Waals surface area contributed by atoms with Gasteiger partial charge in [0.15, 0.2) is 11.5 Å². The van der Waals surface area contributed by atoms with E-state index in [1.807, 2.05) is 0 Å². The van der Waals surface area contributed by atoms with Gasteiger partial charge in [0, 0.05) is 50.6 Å². The standard InChI is InChI=1S/C31H33FN4O9/c32-20-3-1-18(2-4-20)11-19-5-7-33(8-6-19)29(39)23-12-22-24(17-36(43)25(22)13-26(23)45-44)28(38)30(40)34-9-10-35-21(16-34)14-31(41,42)15-27(35)37/h1-4,12-13,17,19,21,41-44H,5-11,14-16H2. The van der Waals surface area contributed by atoms with Crippen molar-refractivity contribution >= 4 is 34.4 Å². The predicted molar refractivity (Wildman–Crippen MR) is 154 cm³/mol. The third-order valence-electron chi connectivity index (χ3n) is 9.08. The van der Waals surface area contributed by atoms with E-state index in [0.717, 1.165) is 18.2 Å². The summed E-state index contributed by atoms with van der Waals surface area (Å²) < 4.78 is 13.9. The van der Waals surface area contributed by atoms with Crippen molar-refractivity contribution in [3.8, 4) is 5.75 Å². The lowest BCUT2D eigenvalue weighted by atomic mass is 9.90. The molecule has 3 aliphatic heterocycles. The number of benzene rings is 2. The molecule has 3 amide bonds. The Kier molecular flexibility index (Phi) is 7.97. The van der Waals surface area contributed by atoms with Gasteiger partial charge in [-0.05, 0) is 48.9 Å². The van der Waals surface area contributed by atoms with Crippen LogP contribution in [-0.4, -0.2) is 108 Å². The van der Waals surface area contributed by atoms with E-state index >= 15 is 0 Å². The highest BCUT2D eigenvalue weighted by Gasteiger charge is 2.45. The average molecular weight is 625 g/mol. The van der Waals surface area contributed by atoms with Crippen molar-refractivity contribution in [1.29, 1.82) is 0 Å². The molecule has 0 saturated carbocycles. The number of halogens is 1. The summed E-state index contributed by atoms with van der Waals surface area (Å²) in [6.45, 7) is 0.921. The molecule has 13 nitrogen and oxygen atoms in total. The van der Waals surface area contributed by atoms with Gasteiger partial charge in [-0.3, -0.25) is 19.2 Å². The predicted octanol–water partition coefficient (Wildman–Crippen LogP) is 1.66. The Morgan fingerprint density at radius 2 is 1.69 bits per heavy atom. The molecule has 2 aromatic carbocycles. The van der Waals surface area contributed by atoms with Crippen LogP contribution in [0.15, 0.2) is 42.6 Å². The molecule has 238 valence electrons. The van der Waals surface area contributed by atoms with Crippen LogP contribution in [0.3, 0.4) is 0 Å². The minimum Gasteiger partial charge on any atom is -0.428 e. The Hall–Kier alpha value is -4.53. The maximum Gasteiger partial charge on any atom is 0.295 e. The number of rotatable bonds is 6. The fourth-order valence-electron chi connectivity index (χ4n) is 6.72. The van der Waals surface area contributed by atoms with Crippen molar-refractivity contribution in [3.63, 3.8) is 0 Å². The van der Waals surface area contributed by atoms with E-state index < -0.39 is 41.8 Å². The second-order valence-corrected chi connectivity index (χ2v) is 12.1. The van der Waals surface area contributed by atoms with Gasteiger partial charge < -0.3 is 35.0 Å². The summed E-state index contributed by atoms with van der Waals surface area (Å²) in [6, 6.07) is 8.14. The molecule has 6 rings (SSSR count). The highest BCUT2D eigenvalue weighted by atomic mass is 19.1. The molecule has 14 heteroatoms. The van der Waals surface area contributed by atoms with Gasteiger partial charge in [0.2, 0.25) is 5.91 Å². The molecule has 1 unspecified atom stereocenters. The van der Waals surface area contributed by atoms with E-state index in [0.29, 0.717) is 30.7 Å². The number of hydrogen-bond acceptors (Lipinski definition) is 9. The van der Waals surface area contributed by atoms with Gasteiger partial charge in [-0.1, -0.05) is 12.1 Å². The molecule has 4 heterocycles. The Bertz CT molecular complexity index is 1660. The Morgan fingerprint density at radius 3 is 2.38 bits per heavy atom. The van der Waals surface area contributed by atoms with Crippen molar-refractivity contribution in [2.24, 2.45) is 5.92 Å². The van der Waals surface area contributed by atoms with Gasteiger partial charge in [-0.25, -0.2) is 9.65 Å². The smallest absolute Gasteiger partial charge is 0.295 e. The van der Waals surface area contributed by atoms with E-state index in [2.05, 4.69) is 4.89 Å². The maximum atomic E-state index is 13.6. The molecule has 0 radical (unpaired) electrons. The van der Waals surface area contributed by atoms with E-state index in [-0.39, 0.29) is 65.6 Å². The number of ketones is 1. The molecule has 45 heavy (non-hydrogen) atoms. The fraction of sp³-hybridized carbons (Fsp3) is 0.419. The van der Waals surface area contributed by atoms with Gasteiger partial charge in [-0.2, -0.15) is 4.73 Å². The number of fused-ring (bicyclic) bond motifs is 2. The Labute approximate surface area is 256 Å². The zero-order chi connectivity index (χ0) is 32.0. The third kappa shape index (κ3) is 5.95. The number of piperazine rings is 1. The first-order valence-corrected chi connectivity index (χ1v) is 14.8. The molecule has 0 spiro atoms. The van der Waals surface area contributed by atoms with Gasteiger partial charge in [-0.15, -0.1) is 0 Å². The first-order valence-electron chi connectivity index (χ1n) is 14.8.